The van der Waals surface area contributed by atoms with Crippen molar-refractivity contribution >= 4 is 39.4 Å². The minimum Gasteiger partial charge on any atom is -0.449 e. The van der Waals surface area contributed by atoms with Crippen LogP contribution in [0.1, 0.15) is 29.9 Å². The molecule has 4 rings (SSSR count). The second kappa shape index (κ2) is 9.33. The number of aromatic nitrogens is 3. The molecular formula is C24H22N4O4S. The summed E-state index contributed by atoms with van der Waals surface area (Å²) in [4.78, 5) is 46.1. The zero-order valence-electron chi connectivity index (χ0n) is 18.4. The van der Waals surface area contributed by atoms with Crippen LogP contribution in [0.3, 0.4) is 0 Å². The van der Waals surface area contributed by atoms with Crippen molar-refractivity contribution in [2.45, 2.75) is 33.4 Å². The molecule has 33 heavy (non-hydrogen) atoms. The maximum Gasteiger partial charge on any atom is 0.338 e. The Bertz CT molecular complexity index is 1390. The molecular weight excluding hydrogens is 440 g/mol. The number of hydrogen-bond acceptors (Lipinski definition) is 7. The van der Waals surface area contributed by atoms with Gasteiger partial charge in [-0.2, -0.15) is 0 Å². The lowest BCUT2D eigenvalue weighted by atomic mass is 10.2. The van der Waals surface area contributed by atoms with E-state index < -0.39 is 18.0 Å². The van der Waals surface area contributed by atoms with E-state index in [0.29, 0.717) is 28.4 Å². The molecule has 2 heterocycles. The van der Waals surface area contributed by atoms with Crippen LogP contribution >= 0.6 is 11.3 Å². The van der Waals surface area contributed by atoms with Crippen molar-refractivity contribution in [1.82, 2.24) is 14.5 Å². The summed E-state index contributed by atoms with van der Waals surface area (Å²) in [6.45, 7) is 5.49. The summed E-state index contributed by atoms with van der Waals surface area (Å²) in [5, 5.41) is 4.96. The molecule has 0 radical (unpaired) electrons. The van der Waals surface area contributed by atoms with Crippen molar-refractivity contribution in [3.63, 3.8) is 0 Å². The number of benzene rings is 2. The van der Waals surface area contributed by atoms with Crippen LogP contribution in [0.25, 0.3) is 22.3 Å². The lowest BCUT2D eigenvalue weighted by Crippen LogP contribution is -2.30. The van der Waals surface area contributed by atoms with Gasteiger partial charge in [0.15, 0.2) is 11.2 Å². The second-order valence-electron chi connectivity index (χ2n) is 7.39. The maximum atomic E-state index is 12.6. The fraction of sp³-hybridized carbons (Fsp3) is 0.208. The number of aryl methyl sites for hydroxylation is 2. The van der Waals surface area contributed by atoms with Gasteiger partial charge in [-0.15, -0.1) is 11.3 Å². The average molecular weight is 463 g/mol. The highest BCUT2D eigenvalue weighted by atomic mass is 32.1. The number of esters is 1. The van der Waals surface area contributed by atoms with Crippen LogP contribution in [-0.2, 0) is 16.1 Å². The molecule has 1 amide bonds. The molecule has 4 aromatic rings. The lowest BCUT2D eigenvalue weighted by molar-refractivity contribution is -0.123. The number of ether oxygens (including phenoxy) is 1. The number of thiazole rings is 1. The van der Waals surface area contributed by atoms with Gasteiger partial charge in [-0.25, -0.2) is 14.8 Å². The van der Waals surface area contributed by atoms with E-state index in [1.807, 2.05) is 42.6 Å². The van der Waals surface area contributed by atoms with Crippen molar-refractivity contribution in [2.75, 3.05) is 5.32 Å². The number of nitrogens with zero attached hydrogens (tertiary/aromatic N) is 3. The Kier molecular flexibility index (Phi) is 6.32. The van der Waals surface area contributed by atoms with Gasteiger partial charge >= 0.3 is 5.97 Å². The standard InChI is InChI=1S/C24H22N4O4S/c1-4-28-20-11-10-17(12-18(20)25-14(2)22(28)30)23(31)32-15(3)21(29)27-24-26-19(13-33-24)16-8-6-5-7-9-16/h5-13,15H,4H2,1-3H3,(H,26,27,29). The normalized spacial score (nSPS) is 11.8. The van der Waals surface area contributed by atoms with E-state index in [4.69, 9.17) is 4.74 Å². The zero-order chi connectivity index (χ0) is 23.5. The summed E-state index contributed by atoms with van der Waals surface area (Å²) in [5.74, 6) is -1.13. The molecule has 0 fully saturated rings. The summed E-state index contributed by atoms with van der Waals surface area (Å²) in [6.07, 6.45) is -1.03. The fourth-order valence-corrected chi connectivity index (χ4v) is 4.10. The molecule has 0 spiro atoms. The minimum absolute atomic E-state index is 0.164. The molecule has 2 aromatic heterocycles. The molecule has 0 aliphatic carbocycles. The number of amides is 1. The van der Waals surface area contributed by atoms with E-state index in [0.717, 1.165) is 11.3 Å². The quantitative estimate of drug-likeness (QED) is 0.434. The van der Waals surface area contributed by atoms with Crippen LogP contribution in [0, 0.1) is 6.92 Å². The minimum atomic E-state index is -1.03. The first-order chi connectivity index (χ1) is 15.9. The van der Waals surface area contributed by atoms with E-state index in [1.54, 1.807) is 29.7 Å². The Balaban J connectivity index is 1.45. The second-order valence-corrected chi connectivity index (χ2v) is 8.25. The third kappa shape index (κ3) is 4.68. The van der Waals surface area contributed by atoms with Crippen LogP contribution in [0.4, 0.5) is 5.13 Å². The van der Waals surface area contributed by atoms with E-state index in [9.17, 15) is 14.4 Å². The lowest BCUT2D eigenvalue weighted by Gasteiger charge is -2.13. The van der Waals surface area contributed by atoms with E-state index in [-0.39, 0.29) is 11.1 Å². The Hall–Kier alpha value is -3.85. The molecule has 168 valence electrons. The van der Waals surface area contributed by atoms with Gasteiger partial charge in [-0.1, -0.05) is 30.3 Å². The molecule has 1 N–H and O–H groups in total. The summed E-state index contributed by atoms with van der Waals surface area (Å²) >= 11 is 1.29. The molecule has 0 bridgehead atoms. The number of hydrogen-bond donors (Lipinski definition) is 1. The molecule has 8 nitrogen and oxygen atoms in total. The van der Waals surface area contributed by atoms with E-state index in [2.05, 4.69) is 15.3 Å². The van der Waals surface area contributed by atoms with Gasteiger partial charge in [-0.05, 0) is 39.0 Å². The number of nitrogens with one attached hydrogen (secondary N) is 1. The predicted molar refractivity (Wildman–Crippen MR) is 127 cm³/mol. The van der Waals surface area contributed by atoms with Crippen LogP contribution in [0.2, 0.25) is 0 Å². The number of carbonyl (C=O) groups excluding carboxylic acids is 2. The Morgan fingerprint density at radius 2 is 1.91 bits per heavy atom. The molecule has 0 saturated carbocycles. The van der Waals surface area contributed by atoms with Gasteiger partial charge < -0.3 is 9.30 Å². The number of anilines is 1. The first-order valence-corrected chi connectivity index (χ1v) is 11.3. The number of rotatable bonds is 6. The summed E-state index contributed by atoms with van der Waals surface area (Å²) in [5.41, 5.74) is 3.28. The van der Waals surface area contributed by atoms with Crippen molar-refractivity contribution < 1.29 is 14.3 Å². The van der Waals surface area contributed by atoms with Crippen LogP contribution < -0.4 is 10.9 Å². The Labute approximate surface area is 193 Å². The van der Waals surface area contributed by atoms with Gasteiger partial charge in [0.2, 0.25) is 0 Å². The number of fused-ring (bicyclic) bond motifs is 1. The highest BCUT2D eigenvalue weighted by Gasteiger charge is 2.21. The summed E-state index contributed by atoms with van der Waals surface area (Å²) in [6, 6.07) is 14.4. The third-order valence-corrected chi connectivity index (χ3v) is 5.88. The summed E-state index contributed by atoms with van der Waals surface area (Å²) in [7, 11) is 0. The monoisotopic (exact) mass is 462 g/mol. The first kappa shape index (κ1) is 22.3. The van der Waals surface area contributed by atoms with Gasteiger partial charge in [0.1, 0.15) is 5.69 Å². The highest BCUT2D eigenvalue weighted by molar-refractivity contribution is 7.14. The van der Waals surface area contributed by atoms with Crippen molar-refractivity contribution in [3.8, 4) is 11.3 Å². The SMILES string of the molecule is CCn1c(=O)c(C)nc2cc(C(=O)OC(C)C(=O)Nc3nc(-c4ccccc4)cs3)ccc21. The summed E-state index contributed by atoms with van der Waals surface area (Å²) < 4.78 is 6.95. The molecule has 1 unspecified atom stereocenters. The molecule has 9 heteroatoms. The molecule has 2 aromatic carbocycles. The van der Waals surface area contributed by atoms with Gasteiger partial charge in [0, 0.05) is 17.5 Å². The maximum absolute atomic E-state index is 12.6. The third-order valence-electron chi connectivity index (χ3n) is 5.12. The van der Waals surface area contributed by atoms with Crippen molar-refractivity contribution in [3.05, 3.63) is 75.5 Å². The van der Waals surface area contributed by atoms with Gasteiger partial charge in [-0.3, -0.25) is 14.9 Å². The molecule has 1 atom stereocenters. The Morgan fingerprint density at radius 3 is 2.64 bits per heavy atom. The van der Waals surface area contributed by atoms with E-state index in [1.165, 1.54) is 18.3 Å². The zero-order valence-corrected chi connectivity index (χ0v) is 19.2. The number of carbonyl (C=O) groups is 2. The van der Waals surface area contributed by atoms with Crippen LogP contribution in [0.15, 0.2) is 58.7 Å². The average Bonchev–Trinajstić information content (AvgIpc) is 3.28. The molecule has 0 aliphatic heterocycles. The van der Waals surface area contributed by atoms with E-state index >= 15 is 0 Å². The predicted octanol–water partition coefficient (Wildman–Crippen LogP) is 4.03. The van der Waals surface area contributed by atoms with Crippen molar-refractivity contribution in [2.24, 2.45) is 0 Å². The van der Waals surface area contributed by atoms with Gasteiger partial charge in [0.05, 0.1) is 22.3 Å². The largest absolute Gasteiger partial charge is 0.449 e. The van der Waals surface area contributed by atoms with Crippen molar-refractivity contribution in [1.29, 1.82) is 0 Å². The molecule has 0 aliphatic rings. The topological polar surface area (TPSA) is 103 Å². The van der Waals surface area contributed by atoms with Gasteiger partial charge in [0.25, 0.3) is 11.5 Å². The first-order valence-electron chi connectivity index (χ1n) is 10.4. The van der Waals surface area contributed by atoms with Crippen LogP contribution in [-0.4, -0.2) is 32.5 Å². The highest BCUT2D eigenvalue weighted by Crippen LogP contribution is 2.25. The molecule has 0 saturated heterocycles. The fourth-order valence-electron chi connectivity index (χ4n) is 3.38. The van der Waals surface area contributed by atoms with Crippen LogP contribution in [0.5, 0.6) is 0 Å². The smallest absolute Gasteiger partial charge is 0.338 e. The Morgan fingerprint density at radius 1 is 1.15 bits per heavy atom.